The van der Waals surface area contributed by atoms with Gasteiger partial charge in [-0.25, -0.2) is 4.98 Å². The number of halogens is 2. The van der Waals surface area contributed by atoms with Gasteiger partial charge in [-0.1, -0.05) is 11.6 Å². The van der Waals surface area contributed by atoms with Crippen LogP contribution in [0.2, 0.25) is 5.15 Å². The molecule has 0 atom stereocenters. The minimum Gasteiger partial charge on any atom is -0.330 e. The van der Waals surface area contributed by atoms with E-state index in [1.807, 2.05) is 0 Å². The van der Waals surface area contributed by atoms with E-state index in [9.17, 15) is 0 Å². The number of rotatable bonds is 2. The molecule has 0 aliphatic rings. The van der Waals surface area contributed by atoms with Crippen molar-refractivity contribution in [3.05, 3.63) is 13.9 Å². The maximum absolute atomic E-state index is 5.68. The molecule has 1 aromatic heterocycles. The molecule has 0 aliphatic heterocycles. The standard InChI is InChI=1S/C5H6BrClN2S/c6-4-5(7)9-3(10-4)1-2-8/h1-2,8H2. The fourth-order valence-corrected chi connectivity index (χ4v) is 2.16. The highest BCUT2D eigenvalue weighted by Crippen LogP contribution is 2.28. The Bertz CT molecular complexity index is 206. The summed E-state index contributed by atoms with van der Waals surface area (Å²) in [5.41, 5.74) is 5.33. The molecule has 0 spiro atoms. The molecular weight excluding hydrogens is 235 g/mol. The minimum atomic E-state index is 0.536. The van der Waals surface area contributed by atoms with Crippen LogP contribution in [0.3, 0.4) is 0 Å². The third-order valence-electron chi connectivity index (χ3n) is 0.951. The first-order valence-electron chi connectivity index (χ1n) is 2.75. The maximum Gasteiger partial charge on any atom is 0.154 e. The molecule has 0 aromatic carbocycles. The fraction of sp³-hybridized carbons (Fsp3) is 0.400. The third-order valence-corrected chi connectivity index (χ3v) is 3.33. The predicted octanol–water partition coefficient (Wildman–Crippen LogP) is 2.06. The Balaban J connectivity index is 2.77. The van der Waals surface area contributed by atoms with Gasteiger partial charge in [-0.3, -0.25) is 0 Å². The van der Waals surface area contributed by atoms with Crippen molar-refractivity contribution in [2.45, 2.75) is 6.42 Å². The first-order valence-corrected chi connectivity index (χ1v) is 4.73. The second-order valence-electron chi connectivity index (χ2n) is 1.71. The molecule has 0 fully saturated rings. The maximum atomic E-state index is 5.68. The summed E-state index contributed by atoms with van der Waals surface area (Å²) in [4.78, 5) is 4.06. The van der Waals surface area contributed by atoms with E-state index in [-0.39, 0.29) is 0 Å². The Kier molecular flexibility index (Phi) is 3.10. The quantitative estimate of drug-likeness (QED) is 0.861. The van der Waals surface area contributed by atoms with Crippen molar-refractivity contribution in [2.24, 2.45) is 5.73 Å². The number of hydrogen-bond acceptors (Lipinski definition) is 3. The van der Waals surface area contributed by atoms with E-state index in [0.29, 0.717) is 11.7 Å². The van der Waals surface area contributed by atoms with Crippen molar-refractivity contribution in [2.75, 3.05) is 6.54 Å². The summed E-state index contributed by atoms with van der Waals surface area (Å²) in [7, 11) is 0. The van der Waals surface area contributed by atoms with Gasteiger partial charge in [0.05, 0.1) is 5.01 Å². The van der Waals surface area contributed by atoms with Crippen LogP contribution in [-0.4, -0.2) is 11.5 Å². The van der Waals surface area contributed by atoms with Gasteiger partial charge in [0, 0.05) is 6.42 Å². The molecule has 2 N–H and O–H groups in total. The second kappa shape index (κ2) is 3.67. The van der Waals surface area contributed by atoms with Crippen molar-refractivity contribution in [1.29, 1.82) is 0 Å². The average Bonchev–Trinajstić information content (AvgIpc) is 2.14. The molecule has 0 saturated carbocycles. The molecule has 0 radical (unpaired) electrons. The number of thiazole rings is 1. The van der Waals surface area contributed by atoms with Crippen molar-refractivity contribution in [3.63, 3.8) is 0 Å². The van der Waals surface area contributed by atoms with Crippen molar-refractivity contribution < 1.29 is 0 Å². The normalized spacial score (nSPS) is 10.3. The lowest BCUT2D eigenvalue weighted by Crippen LogP contribution is -2.01. The summed E-state index contributed by atoms with van der Waals surface area (Å²) in [6.45, 7) is 0.621. The molecule has 0 aliphatic carbocycles. The molecular formula is C5H6BrClN2S. The fourth-order valence-electron chi connectivity index (χ4n) is 0.552. The SMILES string of the molecule is NCCc1nc(Cl)c(Br)s1. The van der Waals surface area contributed by atoms with Gasteiger partial charge >= 0.3 is 0 Å². The number of aromatic nitrogens is 1. The summed E-state index contributed by atoms with van der Waals surface area (Å²) < 4.78 is 0.887. The largest absolute Gasteiger partial charge is 0.330 e. The number of nitrogens with two attached hydrogens (primary N) is 1. The molecule has 56 valence electrons. The van der Waals surface area contributed by atoms with E-state index in [1.54, 1.807) is 0 Å². The van der Waals surface area contributed by atoms with Crippen molar-refractivity contribution in [1.82, 2.24) is 4.98 Å². The molecule has 0 unspecified atom stereocenters. The van der Waals surface area contributed by atoms with Gasteiger partial charge in [0.1, 0.15) is 3.79 Å². The van der Waals surface area contributed by atoms with Crippen molar-refractivity contribution in [3.8, 4) is 0 Å². The lowest BCUT2D eigenvalue weighted by atomic mass is 10.5. The van der Waals surface area contributed by atoms with E-state index >= 15 is 0 Å². The van der Waals surface area contributed by atoms with Crippen LogP contribution in [0.15, 0.2) is 3.79 Å². The van der Waals surface area contributed by atoms with E-state index in [2.05, 4.69) is 20.9 Å². The minimum absolute atomic E-state index is 0.536. The summed E-state index contributed by atoms with van der Waals surface area (Å²) in [5.74, 6) is 0. The number of nitrogens with zero attached hydrogens (tertiary/aromatic N) is 1. The lowest BCUT2D eigenvalue weighted by Gasteiger charge is -1.85. The first-order chi connectivity index (χ1) is 4.74. The second-order valence-corrected chi connectivity index (χ2v) is 4.47. The highest BCUT2D eigenvalue weighted by Gasteiger charge is 2.04. The zero-order valence-corrected chi connectivity index (χ0v) is 8.26. The average molecular weight is 242 g/mol. The molecule has 0 saturated heterocycles. The molecule has 0 amide bonds. The molecule has 1 rings (SSSR count). The van der Waals surface area contributed by atoms with Crippen molar-refractivity contribution >= 4 is 38.9 Å². The van der Waals surface area contributed by atoms with Crippen LogP contribution in [0.1, 0.15) is 5.01 Å². The Morgan fingerprint density at radius 3 is 2.80 bits per heavy atom. The molecule has 0 bridgehead atoms. The van der Waals surface area contributed by atoms with E-state index < -0.39 is 0 Å². The van der Waals surface area contributed by atoms with E-state index in [0.717, 1.165) is 15.2 Å². The monoisotopic (exact) mass is 240 g/mol. The lowest BCUT2D eigenvalue weighted by molar-refractivity contribution is 0.953. The zero-order valence-electron chi connectivity index (χ0n) is 5.10. The molecule has 5 heteroatoms. The highest BCUT2D eigenvalue weighted by molar-refractivity contribution is 9.11. The van der Waals surface area contributed by atoms with Crippen LogP contribution in [0.4, 0.5) is 0 Å². The van der Waals surface area contributed by atoms with E-state index in [1.165, 1.54) is 11.3 Å². The van der Waals surface area contributed by atoms with Crippen LogP contribution >= 0.6 is 38.9 Å². The van der Waals surface area contributed by atoms with Gasteiger partial charge in [0.2, 0.25) is 0 Å². The molecule has 1 heterocycles. The summed E-state index contributed by atoms with van der Waals surface area (Å²) in [5, 5.41) is 1.52. The van der Waals surface area contributed by atoms with E-state index in [4.69, 9.17) is 17.3 Å². The Hall–Kier alpha value is 0.360. The summed E-state index contributed by atoms with van der Waals surface area (Å²) in [6.07, 6.45) is 0.802. The van der Waals surface area contributed by atoms with Crippen LogP contribution in [-0.2, 0) is 6.42 Å². The van der Waals surface area contributed by atoms with Gasteiger partial charge in [0.25, 0.3) is 0 Å². The Labute approximate surface area is 76.5 Å². The molecule has 10 heavy (non-hydrogen) atoms. The van der Waals surface area contributed by atoms with Crippen LogP contribution in [0.25, 0.3) is 0 Å². The summed E-state index contributed by atoms with van der Waals surface area (Å²) in [6, 6.07) is 0. The first kappa shape index (κ1) is 8.46. The Morgan fingerprint density at radius 1 is 1.70 bits per heavy atom. The Morgan fingerprint density at radius 2 is 2.40 bits per heavy atom. The zero-order chi connectivity index (χ0) is 7.56. The van der Waals surface area contributed by atoms with Gasteiger partial charge < -0.3 is 5.73 Å². The number of hydrogen-bond donors (Lipinski definition) is 1. The van der Waals surface area contributed by atoms with Crippen LogP contribution in [0.5, 0.6) is 0 Å². The van der Waals surface area contributed by atoms with Gasteiger partial charge in [0.15, 0.2) is 5.15 Å². The van der Waals surface area contributed by atoms with Crippen LogP contribution < -0.4 is 5.73 Å². The third kappa shape index (κ3) is 1.92. The van der Waals surface area contributed by atoms with Gasteiger partial charge in [-0.05, 0) is 22.5 Å². The molecule has 2 nitrogen and oxygen atoms in total. The van der Waals surface area contributed by atoms with Crippen LogP contribution in [0, 0.1) is 0 Å². The van der Waals surface area contributed by atoms with Gasteiger partial charge in [-0.2, -0.15) is 0 Å². The van der Waals surface area contributed by atoms with Gasteiger partial charge in [-0.15, -0.1) is 11.3 Å². The highest BCUT2D eigenvalue weighted by atomic mass is 79.9. The molecule has 1 aromatic rings. The topological polar surface area (TPSA) is 38.9 Å². The predicted molar refractivity (Wildman–Crippen MR) is 47.6 cm³/mol. The summed E-state index contributed by atoms with van der Waals surface area (Å²) >= 11 is 10.5. The smallest absolute Gasteiger partial charge is 0.154 e.